The molecule has 0 N–H and O–H groups in total. The number of furan rings is 1. The van der Waals surface area contributed by atoms with Gasteiger partial charge in [-0.3, -0.25) is 9.36 Å². The standard InChI is InChI=1S/C32H22Cl2N2O3S/c1-38-27-9-5-4-8-22(27)30-23-13-10-18-6-2-3-7-21(18)29(23)35-32-36(30)31(37)28(40-32)17-20-12-15-26(39-20)19-11-14-24(33)25(34)16-19/h2-9,11-12,14-17,30H,10,13H2,1H3/b28-17+/t30-/m0/s1. The maximum absolute atomic E-state index is 14.0. The molecule has 8 heteroatoms. The predicted molar refractivity (Wildman–Crippen MR) is 160 cm³/mol. The molecule has 0 radical (unpaired) electrons. The van der Waals surface area contributed by atoms with E-state index in [4.69, 9.17) is 37.3 Å². The highest BCUT2D eigenvalue weighted by Gasteiger charge is 2.34. The molecule has 7 rings (SSSR count). The number of aryl methyl sites for hydroxylation is 1. The highest BCUT2D eigenvalue weighted by Crippen LogP contribution is 2.43. The third-order valence-electron chi connectivity index (χ3n) is 7.41. The molecule has 3 aromatic carbocycles. The number of benzene rings is 3. The largest absolute Gasteiger partial charge is 0.496 e. The fraction of sp³-hybridized carbons (Fsp3) is 0.125. The SMILES string of the molecule is COc1ccccc1[C@H]1C2=C(N=c3s/c(=C/c4ccc(-c5ccc(Cl)c(Cl)c5)o4)c(=O)n31)c1ccccc1CC2. The zero-order valence-electron chi connectivity index (χ0n) is 21.4. The molecule has 198 valence electrons. The first-order valence-corrected chi connectivity index (χ1v) is 14.4. The van der Waals surface area contributed by atoms with Gasteiger partial charge in [0.2, 0.25) is 0 Å². The summed E-state index contributed by atoms with van der Waals surface area (Å²) in [5.74, 6) is 1.94. The first-order chi connectivity index (χ1) is 19.5. The van der Waals surface area contributed by atoms with Crippen LogP contribution in [0.1, 0.15) is 34.9 Å². The lowest BCUT2D eigenvalue weighted by Crippen LogP contribution is -2.38. The van der Waals surface area contributed by atoms with Crippen LogP contribution in [0.15, 0.2) is 98.6 Å². The lowest BCUT2D eigenvalue weighted by atomic mass is 9.83. The quantitative estimate of drug-likeness (QED) is 0.231. The van der Waals surface area contributed by atoms with Crippen LogP contribution in [0.5, 0.6) is 5.75 Å². The second kappa shape index (κ2) is 9.97. The Kier molecular flexibility index (Phi) is 6.27. The Labute approximate surface area is 243 Å². The van der Waals surface area contributed by atoms with Crippen LogP contribution < -0.4 is 19.6 Å². The second-order valence-electron chi connectivity index (χ2n) is 9.69. The lowest BCUT2D eigenvalue weighted by molar-refractivity contribution is 0.402. The highest BCUT2D eigenvalue weighted by molar-refractivity contribution is 7.07. The molecule has 2 aromatic heterocycles. The topological polar surface area (TPSA) is 56.7 Å². The number of nitrogens with zero attached hydrogens (tertiary/aromatic N) is 2. The fourth-order valence-electron chi connectivity index (χ4n) is 5.56. The number of fused-ring (bicyclic) bond motifs is 3. The molecule has 1 atom stereocenters. The minimum Gasteiger partial charge on any atom is -0.496 e. The summed E-state index contributed by atoms with van der Waals surface area (Å²) in [6, 6.07) is 25.0. The fourth-order valence-corrected chi connectivity index (χ4v) is 6.83. The van der Waals surface area contributed by atoms with E-state index in [2.05, 4.69) is 18.2 Å². The average molecular weight is 586 g/mol. The number of ether oxygens (including phenoxy) is 1. The van der Waals surface area contributed by atoms with Gasteiger partial charge in [0.05, 0.1) is 33.4 Å². The van der Waals surface area contributed by atoms with Crippen molar-refractivity contribution in [2.45, 2.75) is 18.9 Å². The van der Waals surface area contributed by atoms with Crippen LogP contribution in [0, 0.1) is 0 Å². The van der Waals surface area contributed by atoms with E-state index in [9.17, 15) is 4.79 Å². The molecule has 0 saturated carbocycles. The number of para-hydroxylation sites is 1. The summed E-state index contributed by atoms with van der Waals surface area (Å²) < 4.78 is 14.2. The summed E-state index contributed by atoms with van der Waals surface area (Å²) in [6.45, 7) is 0. The van der Waals surface area contributed by atoms with Gasteiger partial charge < -0.3 is 9.15 Å². The molecule has 1 aliphatic carbocycles. The summed E-state index contributed by atoms with van der Waals surface area (Å²) in [7, 11) is 1.66. The maximum atomic E-state index is 14.0. The zero-order valence-corrected chi connectivity index (χ0v) is 23.7. The van der Waals surface area contributed by atoms with Gasteiger partial charge in [0.1, 0.15) is 17.3 Å². The van der Waals surface area contributed by atoms with Gasteiger partial charge in [0, 0.05) is 22.8 Å². The Morgan fingerprint density at radius 2 is 1.82 bits per heavy atom. The van der Waals surface area contributed by atoms with Gasteiger partial charge in [0.25, 0.3) is 5.56 Å². The highest BCUT2D eigenvalue weighted by atomic mass is 35.5. The number of hydrogen-bond acceptors (Lipinski definition) is 5. The molecular formula is C32H22Cl2N2O3S. The summed E-state index contributed by atoms with van der Waals surface area (Å²) >= 11 is 13.6. The van der Waals surface area contributed by atoms with Crippen molar-refractivity contribution in [3.63, 3.8) is 0 Å². The molecule has 5 nitrogen and oxygen atoms in total. The molecule has 0 saturated heterocycles. The van der Waals surface area contributed by atoms with E-state index < -0.39 is 0 Å². The Morgan fingerprint density at radius 3 is 2.67 bits per heavy atom. The van der Waals surface area contributed by atoms with Crippen molar-refractivity contribution in [2.75, 3.05) is 7.11 Å². The van der Waals surface area contributed by atoms with E-state index in [1.807, 2.05) is 53.1 Å². The number of thiazole rings is 1. The Bertz CT molecular complexity index is 2020. The monoisotopic (exact) mass is 584 g/mol. The number of hydrogen-bond donors (Lipinski definition) is 0. The lowest BCUT2D eigenvalue weighted by Gasteiger charge is -2.31. The Hall–Kier alpha value is -3.84. The van der Waals surface area contributed by atoms with E-state index in [1.54, 1.807) is 25.3 Å². The number of halogens is 2. The van der Waals surface area contributed by atoms with Gasteiger partial charge in [0.15, 0.2) is 4.80 Å². The van der Waals surface area contributed by atoms with Crippen LogP contribution in [0.4, 0.5) is 0 Å². The summed E-state index contributed by atoms with van der Waals surface area (Å²) in [4.78, 5) is 19.8. The average Bonchev–Trinajstić information content (AvgIpc) is 3.57. The third-order valence-corrected chi connectivity index (χ3v) is 9.13. The van der Waals surface area contributed by atoms with Gasteiger partial charge >= 0.3 is 0 Å². The van der Waals surface area contributed by atoms with Crippen LogP contribution in [0.3, 0.4) is 0 Å². The van der Waals surface area contributed by atoms with Crippen LogP contribution in [-0.4, -0.2) is 11.7 Å². The van der Waals surface area contributed by atoms with Gasteiger partial charge in [-0.2, -0.15) is 0 Å². The van der Waals surface area contributed by atoms with Gasteiger partial charge in [-0.1, -0.05) is 77.0 Å². The predicted octanol–water partition coefficient (Wildman–Crippen LogP) is 6.89. The van der Waals surface area contributed by atoms with Crippen molar-refractivity contribution >= 4 is 46.3 Å². The van der Waals surface area contributed by atoms with Crippen LogP contribution in [0.2, 0.25) is 10.0 Å². The van der Waals surface area contributed by atoms with Crippen molar-refractivity contribution in [3.8, 4) is 17.1 Å². The Balaban J connectivity index is 1.41. The second-order valence-corrected chi connectivity index (χ2v) is 11.5. The van der Waals surface area contributed by atoms with E-state index in [-0.39, 0.29) is 11.6 Å². The first kappa shape index (κ1) is 25.1. The summed E-state index contributed by atoms with van der Waals surface area (Å²) in [6.07, 6.45) is 3.49. The van der Waals surface area contributed by atoms with E-state index in [1.165, 1.54) is 16.9 Å². The minimum absolute atomic E-state index is 0.113. The van der Waals surface area contributed by atoms with Crippen molar-refractivity contribution in [3.05, 3.63) is 137 Å². The molecule has 5 aromatic rings. The molecule has 0 unspecified atom stereocenters. The summed E-state index contributed by atoms with van der Waals surface area (Å²) in [5.41, 5.74) is 6.11. The zero-order chi connectivity index (χ0) is 27.4. The van der Waals surface area contributed by atoms with E-state index in [0.29, 0.717) is 30.9 Å². The van der Waals surface area contributed by atoms with Gasteiger partial charge in [-0.05, 0) is 60.4 Å². The number of allylic oxidation sites excluding steroid dienone is 1. The molecule has 2 aliphatic rings. The molecule has 3 heterocycles. The Morgan fingerprint density at radius 1 is 1.00 bits per heavy atom. The number of methoxy groups -OCH3 is 1. The molecule has 0 spiro atoms. The van der Waals surface area contributed by atoms with Gasteiger partial charge in [-0.25, -0.2) is 4.99 Å². The number of rotatable bonds is 4. The molecule has 40 heavy (non-hydrogen) atoms. The molecule has 0 fully saturated rings. The van der Waals surface area contributed by atoms with E-state index >= 15 is 0 Å². The maximum Gasteiger partial charge on any atom is 0.271 e. The summed E-state index contributed by atoms with van der Waals surface area (Å²) in [5, 5.41) is 0.931. The first-order valence-electron chi connectivity index (χ1n) is 12.8. The third kappa shape index (κ3) is 4.15. The van der Waals surface area contributed by atoms with Crippen molar-refractivity contribution in [1.29, 1.82) is 0 Å². The van der Waals surface area contributed by atoms with Crippen LogP contribution in [-0.2, 0) is 6.42 Å². The normalized spacial score (nSPS) is 16.3. The van der Waals surface area contributed by atoms with Crippen molar-refractivity contribution in [1.82, 2.24) is 4.57 Å². The van der Waals surface area contributed by atoms with E-state index in [0.717, 1.165) is 46.6 Å². The molecule has 1 aliphatic heterocycles. The molecule has 0 amide bonds. The minimum atomic E-state index is -0.318. The number of aromatic nitrogens is 1. The van der Waals surface area contributed by atoms with Crippen LogP contribution >= 0.6 is 34.5 Å². The van der Waals surface area contributed by atoms with Crippen molar-refractivity contribution in [2.24, 2.45) is 4.99 Å². The molecule has 0 bridgehead atoms. The smallest absolute Gasteiger partial charge is 0.271 e. The molecular weight excluding hydrogens is 563 g/mol. The van der Waals surface area contributed by atoms with Crippen molar-refractivity contribution < 1.29 is 9.15 Å². The van der Waals surface area contributed by atoms with Crippen LogP contribution in [0.25, 0.3) is 23.1 Å². The van der Waals surface area contributed by atoms with Gasteiger partial charge in [-0.15, -0.1) is 0 Å².